The molecule has 4 amide bonds. The Morgan fingerprint density at radius 3 is 1.61 bits per heavy atom. The molecule has 0 atom stereocenters. The molecule has 0 aromatic carbocycles. The van der Waals surface area contributed by atoms with E-state index in [2.05, 4.69) is 40.7 Å². The second-order valence-electron chi connectivity index (χ2n) is 9.67. The molecule has 0 saturated heterocycles. The van der Waals surface area contributed by atoms with Crippen molar-refractivity contribution < 1.29 is 63.7 Å². The highest BCUT2D eigenvalue weighted by Crippen LogP contribution is 2.21. The van der Waals surface area contributed by atoms with E-state index >= 15 is 0 Å². The van der Waals surface area contributed by atoms with E-state index in [0.717, 1.165) is 23.1 Å². The summed E-state index contributed by atoms with van der Waals surface area (Å²) in [5.41, 5.74) is -0.591. The van der Waals surface area contributed by atoms with Crippen molar-refractivity contribution in [1.82, 2.24) is 44.1 Å². The summed E-state index contributed by atoms with van der Waals surface area (Å²) >= 11 is 0. The number of amides is 4. The van der Waals surface area contributed by atoms with Crippen LogP contribution in [0.2, 0.25) is 0 Å². The Morgan fingerprint density at radius 2 is 1.20 bits per heavy atom. The van der Waals surface area contributed by atoms with Crippen LogP contribution in [0, 0.1) is 0 Å². The summed E-state index contributed by atoms with van der Waals surface area (Å²) in [7, 11) is -6.52. The number of urea groups is 2. The van der Waals surface area contributed by atoms with Gasteiger partial charge in [0.05, 0.1) is 52.5 Å². The number of sulfone groups is 1. The molecule has 0 unspecified atom stereocenters. The number of aromatic nitrogens is 7. The van der Waals surface area contributed by atoms with E-state index in [1.54, 1.807) is 9.44 Å². The topological polar surface area (TPSA) is 341 Å². The molecule has 0 aliphatic rings. The van der Waals surface area contributed by atoms with Gasteiger partial charge in [-0.25, -0.2) is 37.2 Å². The lowest BCUT2D eigenvalue weighted by Crippen LogP contribution is -2.36. The van der Waals surface area contributed by atoms with Crippen molar-refractivity contribution in [2.45, 2.75) is 21.9 Å². The zero-order chi connectivity index (χ0) is 40.4. The number of hydrogen-bond donors (Lipinski definition) is 5. The smallest absolute Gasteiger partial charge is 0.340 e. The van der Waals surface area contributed by atoms with Crippen LogP contribution in [0.5, 0.6) is 23.5 Å². The van der Waals surface area contributed by atoms with Crippen molar-refractivity contribution in [2.24, 2.45) is 7.05 Å². The van der Waals surface area contributed by atoms with Gasteiger partial charge >= 0.3 is 18.0 Å². The predicted molar refractivity (Wildman–Crippen MR) is 181 cm³/mol. The van der Waals surface area contributed by atoms with E-state index < -0.39 is 68.4 Å². The molecule has 0 spiro atoms. The lowest BCUT2D eigenvalue weighted by Gasteiger charge is -2.11. The summed E-state index contributed by atoms with van der Waals surface area (Å²) in [5, 5.41) is 15.3. The fourth-order valence-electron chi connectivity index (χ4n) is 3.79. The van der Waals surface area contributed by atoms with Gasteiger partial charge in [0.25, 0.3) is 20.0 Å². The molecule has 4 rings (SSSR count). The maximum Gasteiger partial charge on any atom is 0.340 e. The van der Waals surface area contributed by atoms with E-state index in [9.17, 15) is 39.6 Å². The van der Waals surface area contributed by atoms with Gasteiger partial charge in [0, 0.05) is 13.2 Å². The quantitative estimate of drug-likeness (QED) is 0.115. The van der Waals surface area contributed by atoms with Crippen molar-refractivity contribution in [3.05, 3.63) is 42.2 Å². The minimum atomic E-state index is -4.61. The van der Waals surface area contributed by atoms with E-state index in [1.807, 2.05) is 0 Å². The van der Waals surface area contributed by atoms with E-state index in [4.69, 9.17) is 24.1 Å². The minimum absolute atomic E-state index is 0.0612. The van der Waals surface area contributed by atoms with Gasteiger partial charge in [0.1, 0.15) is 10.5 Å². The fourth-order valence-corrected chi connectivity index (χ4v) is 7.56. The molecule has 0 radical (unpaired) electrons. The van der Waals surface area contributed by atoms with Crippen LogP contribution in [0.25, 0.3) is 0 Å². The van der Waals surface area contributed by atoms with Gasteiger partial charge in [-0.2, -0.15) is 41.9 Å². The van der Waals surface area contributed by atoms with Gasteiger partial charge in [-0.15, -0.1) is 0 Å². The van der Waals surface area contributed by atoms with Crippen LogP contribution in [-0.2, 0) is 36.9 Å². The molecule has 0 aliphatic carbocycles. The van der Waals surface area contributed by atoms with Gasteiger partial charge in [0.2, 0.25) is 35.4 Å². The molecule has 292 valence electrons. The first-order valence-corrected chi connectivity index (χ1v) is 19.0. The van der Waals surface area contributed by atoms with Gasteiger partial charge in [-0.05, 0) is 12.1 Å². The third-order valence-electron chi connectivity index (χ3n) is 6.17. The standard InChI is InChI=1S/C14H17N5O7S2.C12H14N6O7S/c1-4-27(21,22)9-6-5-7-15-12(9)28(23,24)19-14(20)18-13-16-10(25-2)8-11(17-13)26-3;1-18-9(6(5-13-18)10(19)20)26(22,23)17-12(21)16-11-14-7(24-2)4-8(15-11)25-3/h5-8H,4H2,1-3H3,(H2,16,17,18,19,20);4-5H,1-3H3,(H,19,20)(H2,14,15,16,17,21). The minimum Gasteiger partial charge on any atom is -0.481 e. The molecule has 0 fully saturated rings. The fraction of sp³-hybridized carbons (Fsp3) is 0.269. The predicted octanol–water partition coefficient (Wildman–Crippen LogP) is -0.371. The normalized spacial score (nSPS) is 11.2. The number of carboxylic acid groups (broad SMARTS) is 1. The van der Waals surface area contributed by atoms with Crippen molar-refractivity contribution in [3.8, 4) is 23.5 Å². The lowest BCUT2D eigenvalue weighted by atomic mass is 10.4. The van der Waals surface area contributed by atoms with E-state index in [1.165, 1.54) is 60.6 Å². The Balaban J connectivity index is 0.000000291. The Kier molecular flexibility index (Phi) is 13.5. The van der Waals surface area contributed by atoms with Crippen LogP contribution in [0.1, 0.15) is 17.3 Å². The van der Waals surface area contributed by atoms with Crippen molar-refractivity contribution in [3.63, 3.8) is 0 Å². The molecular weight excluding hydrogens is 787 g/mol. The van der Waals surface area contributed by atoms with E-state index in [0.29, 0.717) is 0 Å². The molecule has 5 N–H and O–H groups in total. The number of aromatic carboxylic acids is 1. The number of anilines is 2. The number of hydrogen-bond acceptors (Lipinski definition) is 19. The first-order chi connectivity index (χ1) is 25.3. The molecule has 4 aromatic rings. The van der Waals surface area contributed by atoms with Crippen LogP contribution >= 0.6 is 0 Å². The number of sulfonamides is 2. The summed E-state index contributed by atoms with van der Waals surface area (Å²) in [5.74, 6) is -2.20. The Hall–Kier alpha value is -6.42. The zero-order valence-electron chi connectivity index (χ0n) is 28.8. The summed E-state index contributed by atoms with van der Waals surface area (Å²) in [6.07, 6.45) is 1.95. The zero-order valence-corrected chi connectivity index (χ0v) is 31.2. The van der Waals surface area contributed by atoms with Gasteiger partial charge < -0.3 is 24.1 Å². The number of carbonyl (C=O) groups excluding carboxylic acids is 2. The molecular formula is C26H31N11O14S3. The van der Waals surface area contributed by atoms with Crippen LogP contribution in [0.3, 0.4) is 0 Å². The second kappa shape index (κ2) is 17.4. The number of methoxy groups -OCH3 is 4. The molecule has 0 bridgehead atoms. The summed E-state index contributed by atoms with van der Waals surface area (Å²) in [6, 6.07) is 2.59. The number of pyridine rings is 1. The molecule has 0 saturated carbocycles. The highest BCUT2D eigenvalue weighted by atomic mass is 32.2. The van der Waals surface area contributed by atoms with Gasteiger partial charge in [0.15, 0.2) is 19.9 Å². The van der Waals surface area contributed by atoms with Crippen LogP contribution < -0.4 is 39.0 Å². The maximum atomic E-state index is 12.5. The highest BCUT2D eigenvalue weighted by Gasteiger charge is 2.30. The number of nitrogens with zero attached hydrogens (tertiary/aromatic N) is 7. The number of ether oxygens (including phenoxy) is 4. The van der Waals surface area contributed by atoms with Crippen molar-refractivity contribution >= 4 is 59.8 Å². The maximum absolute atomic E-state index is 12.5. The third kappa shape index (κ3) is 10.6. The average Bonchev–Trinajstić information content (AvgIpc) is 3.53. The number of carbonyl (C=O) groups is 3. The van der Waals surface area contributed by atoms with Crippen LogP contribution in [-0.4, -0.2) is 117 Å². The molecule has 54 heavy (non-hydrogen) atoms. The first-order valence-electron chi connectivity index (χ1n) is 14.4. The molecule has 28 heteroatoms. The summed E-state index contributed by atoms with van der Waals surface area (Å²) in [6.45, 7) is 1.35. The average molecular weight is 818 g/mol. The Bertz CT molecular complexity index is 2330. The molecule has 4 heterocycles. The van der Waals surface area contributed by atoms with Crippen molar-refractivity contribution in [1.29, 1.82) is 0 Å². The van der Waals surface area contributed by atoms with E-state index in [-0.39, 0.29) is 41.2 Å². The van der Waals surface area contributed by atoms with Gasteiger partial charge in [-0.3, -0.25) is 15.3 Å². The van der Waals surface area contributed by atoms with Crippen LogP contribution in [0.15, 0.2) is 51.6 Å². The van der Waals surface area contributed by atoms with Crippen LogP contribution in [0.4, 0.5) is 21.5 Å². The SMILES string of the molecule is CCS(=O)(=O)c1cccnc1S(=O)(=O)NC(=O)Nc1nc(OC)cc(OC)n1.COc1cc(OC)nc(NC(=O)NS(=O)(=O)c2c(C(=O)O)cnn2C)n1. The largest absolute Gasteiger partial charge is 0.481 e. The summed E-state index contributed by atoms with van der Waals surface area (Å²) in [4.78, 5) is 53.5. The Morgan fingerprint density at radius 1 is 0.759 bits per heavy atom. The van der Waals surface area contributed by atoms with Gasteiger partial charge in [-0.1, -0.05) is 6.92 Å². The first kappa shape index (κ1) is 42.0. The third-order valence-corrected chi connectivity index (χ3v) is 10.8. The number of nitrogens with one attached hydrogen (secondary N) is 4. The highest BCUT2D eigenvalue weighted by molar-refractivity contribution is 7.93. The van der Waals surface area contributed by atoms with Crippen molar-refractivity contribution in [2.75, 3.05) is 44.8 Å². The molecule has 0 aliphatic heterocycles. The monoisotopic (exact) mass is 817 g/mol. The summed E-state index contributed by atoms with van der Waals surface area (Å²) < 4.78 is 97.5. The Labute approximate surface area is 306 Å². The number of carboxylic acids is 1. The molecule has 4 aromatic heterocycles. The number of rotatable bonds is 13. The second-order valence-corrected chi connectivity index (χ2v) is 15.1. The molecule has 25 nitrogen and oxygen atoms in total. The lowest BCUT2D eigenvalue weighted by molar-refractivity contribution is 0.0692. The number of aryl methyl sites for hydroxylation is 1.